The lowest BCUT2D eigenvalue weighted by atomic mass is 9.95. The average Bonchev–Trinajstić information content (AvgIpc) is 3.19. The highest BCUT2D eigenvalue weighted by Gasteiger charge is 2.55. The zero-order valence-electron chi connectivity index (χ0n) is 16.5. The van der Waals surface area contributed by atoms with E-state index in [0.717, 1.165) is 39.4 Å². The molecule has 0 saturated heterocycles. The van der Waals surface area contributed by atoms with Crippen molar-refractivity contribution in [3.63, 3.8) is 0 Å². The molecule has 4 aromatic rings. The van der Waals surface area contributed by atoms with E-state index < -0.39 is 5.66 Å². The molecule has 0 radical (unpaired) electrons. The molecule has 1 aromatic heterocycles. The SMILES string of the molecule is Cc1cc2nc3n(c2cc1C)C1(Nc2ccccc2-3)C(=O)N(C)c2ccccc21. The van der Waals surface area contributed by atoms with Crippen LogP contribution in [0.4, 0.5) is 11.4 Å². The number of nitrogens with one attached hydrogen (secondary N) is 1. The summed E-state index contributed by atoms with van der Waals surface area (Å²) < 4.78 is 2.10. The van der Waals surface area contributed by atoms with Crippen molar-refractivity contribution < 1.29 is 4.79 Å². The number of anilines is 2. The number of likely N-dealkylation sites (N-methyl/N-ethyl adjacent to an activating group) is 1. The predicted molar refractivity (Wildman–Crippen MR) is 115 cm³/mol. The van der Waals surface area contributed by atoms with Crippen LogP contribution >= 0.6 is 0 Å². The Kier molecular flexibility index (Phi) is 2.97. The van der Waals surface area contributed by atoms with Gasteiger partial charge in [-0.25, -0.2) is 4.98 Å². The van der Waals surface area contributed by atoms with Crippen LogP contribution in [0.2, 0.25) is 0 Å². The molecule has 1 unspecified atom stereocenters. The van der Waals surface area contributed by atoms with Crippen molar-refractivity contribution in [3.8, 4) is 11.4 Å². The highest BCUT2D eigenvalue weighted by Crippen LogP contribution is 2.50. The number of aromatic nitrogens is 2. The van der Waals surface area contributed by atoms with Gasteiger partial charge in [-0.05, 0) is 55.3 Å². The number of carbonyl (C=O) groups is 1. The van der Waals surface area contributed by atoms with Crippen molar-refractivity contribution in [2.45, 2.75) is 19.5 Å². The minimum Gasteiger partial charge on any atom is -0.350 e. The molecule has 142 valence electrons. The molecule has 2 aliphatic rings. The molecule has 0 aliphatic carbocycles. The van der Waals surface area contributed by atoms with Crippen LogP contribution < -0.4 is 10.2 Å². The van der Waals surface area contributed by atoms with E-state index in [-0.39, 0.29) is 5.91 Å². The Morgan fingerprint density at radius 3 is 2.55 bits per heavy atom. The third-order valence-corrected chi connectivity index (χ3v) is 6.36. The number of hydrogen-bond acceptors (Lipinski definition) is 3. The van der Waals surface area contributed by atoms with Crippen LogP contribution in [0, 0.1) is 13.8 Å². The van der Waals surface area contributed by atoms with Gasteiger partial charge >= 0.3 is 0 Å². The number of fused-ring (bicyclic) bond motifs is 8. The quantitative estimate of drug-likeness (QED) is 0.491. The molecule has 0 saturated carbocycles. The molecule has 1 spiro atoms. The van der Waals surface area contributed by atoms with Crippen molar-refractivity contribution in [2.75, 3.05) is 17.3 Å². The highest BCUT2D eigenvalue weighted by molar-refractivity contribution is 6.11. The highest BCUT2D eigenvalue weighted by atomic mass is 16.2. The summed E-state index contributed by atoms with van der Waals surface area (Å²) in [5, 5.41) is 3.61. The Morgan fingerprint density at radius 2 is 1.69 bits per heavy atom. The van der Waals surface area contributed by atoms with Crippen LogP contribution in [0.5, 0.6) is 0 Å². The third kappa shape index (κ3) is 1.85. The second-order valence-corrected chi connectivity index (χ2v) is 7.96. The number of rotatable bonds is 0. The first kappa shape index (κ1) is 16.4. The maximum atomic E-state index is 13.8. The van der Waals surface area contributed by atoms with Crippen molar-refractivity contribution in [3.05, 3.63) is 77.4 Å². The van der Waals surface area contributed by atoms with Gasteiger partial charge in [0.15, 0.2) is 0 Å². The number of hydrogen-bond donors (Lipinski definition) is 1. The first-order chi connectivity index (χ1) is 14.0. The lowest BCUT2D eigenvalue weighted by Crippen LogP contribution is -2.52. The van der Waals surface area contributed by atoms with Gasteiger partial charge in [0.1, 0.15) is 5.82 Å². The number of para-hydroxylation sites is 2. The lowest BCUT2D eigenvalue weighted by Gasteiger charge is -2.38. The lowest BCUT2D eigenvalue weighted by molar-refractivity contribution is -0.122. The maximum Gasteiger partial charge on any atom is 0.278 e. The molecule has 0 fully saturated rings. The summed E-state index contributed by atoms with van der Waals surface area (Å²) >= 11 is 0. The van der Waals surface area contributed by atoms with E-state index in [1.54, 1.807) is 4.90 Å². The minimum atomic E-state index is -1.05. The maximum absolute atomic E-state index is 13.8. The predicted octanol–water partition coefficient (Wildman–Crippen LogP) is 4.42. The van der Waals surface area contributed by atoms with E-state index >= 15 is 0 Å². The van der Waals surface area contributed by atoms with Gasteiger partial charge in [0.05, 0.1) is 16.7 Å². The normalized spacial score (nSPS) is 19.3. The molecule has 2 aliphatic heterocycles. The summed E-state index contributed by atoms with van der Waals surface area (Å²) in [7, 11) is 1.84. The Hall–Kier alpha value is -3.60. The van der Waals surface area contributed by atoms with E-state index in [9.17, 15) is 4.79 Å². The average molecular weight is 380 g/mol. The van der Waals surface area contributed by atoms with Crippen molar-refractivity contribution in [2.24, 2.45) is 0 Å². The zero-order chi connectivity index (χ0) is 19.9. The van der Waals surface area contributed by atoms with Gasteiger partial charge in [-0.15, -0.1) is 0 Å². The molecule has 6 rings (SSSR count). The van der Waals surface area contributed by atoms with Crippen molar-refractivity contribution in [1.29, 1.82) is 0 Å². The standard InChI is InChI=1S/C24H20N4O/c1-14-12-19-21(13-15(14)2)28-22(25-19)16-8-4-6-10-18(16)26-24(28)17-9-5-7-11-20(17)27(3)23(24)29/h4-13,26H,1-3H3. The van der Waals surface area contributed by atoms with E-state index in [1.807, 2.05) is 49.5 Å². The second kappa shape index (κ2) is 5.26. The summed E-state index contributed by atoms with van der Waals surface area (Å²) in [6.07, 6.45) is 0. The monoisotopic (exact) mass is 380 g/mol. The Morgan fingerprint density at radius 1 is 0.966 bits per heavy atom. The van der Waals surface area contributed by atoms with Crippen LogP contribution in [0.15, 0.2) is 60.7 Å². The molecule has 1 atom stereocenters. The van der Waals surface area contributed by atoms with Gasteiger partial charge in [-0.1, -0.05) is 30.3 Å². The van der Waals surface area contributed by atoms with Gasteiger partial charge in [0, 0.05) is 23.9 Å². The molecule has 3 heterocycles. The fraction of sp³-hybridized carbons (Fsp3) is 0.167. The third-order valence-electron chi connectivity index (χ3n) is 6.36. The van der Waals surface area contributed by atoms with E-state index in [0.29, 0.717) is 0 Å². The number of benzene rings is 3. The van der Waals surface area contributed by atoms with Crippen LogP contribution in [0.1, 0.15) is 16.7 Å². The number of imidazole rings is 1. The van der Waals surface area contributed by atoms with Gasteiger partial charge in [0.2, 0.25) is 5.66 Å². The number of amides is 1. The Balaban J connectivity index is 1.81. The fourth-order valence-electron chi connectivity index (χ4n) is 4.77. The van der Waals surface area contributed by atoms with Crippen LogP contribution in [0.3, 0.4) is 0 Å². The van der Waals surface area contributed by atoms with Gasteiger partial charge < -0.3 is 10.2 Å². The molecule has 1 N–H and O–H groups in total. The largest absolute Gasteiger partial charge is 0.350 e. The zero-order valence-corrected chi connectivity index (χ0v) is 16.5. The molecule has 3 aromatic carbocycles. The molecular formula is C24H20N4O. The number of carbonyl (C=O) groups excluding carboxylic acids is 1. The molecule has 29 heavy (non-hydrogen) atoms. The minimum absolute atomic E-state index is 0.00742. The van der Waals surface area contributed by atoms with Crippen LogP contribution in [0.25, 0.3) is 22.4 Å². The van der Waals surface area contributed by atoms with Crippen LogP contribution in [-0.4, -0.2) is 22.5 Å². The fourth-order valence-corrected chi connectivity index (χ4v) is 4.77. The Bertz CT molecular complexity index is 1350. The van der Waals surface area contributed by atoms with E-state index in [1.165, 1.54) is 11.1 Å². The van der Waals surface area contributed by atoms with E-state index in [4.69, 9.17) is 4.98 Å². The smallest absolute Gasteiger partial charge is 0.278 e. The summed E-state index contributed by atoms with van der Waals surface area (Å²) in [6, 6.07) is 20.3. The first-order valence-corrected chi connectivity index (χ1v) is 9.78. The van der Waals surface area contributed by atoms with Crippen molar-refractivity contribution >= 4 is 28.3 Å². The summed E-state index contributed by atoms with van der Waals surface area (Å²) in [4.78, 5) is 20.6. The van der Waals surface area contributed by atoms with Gasteiger partial charge in [-0.3, -0.25) is 9.36 Å². The van der Waals surface area contributed by atoms with Gasteiger partial charge in [0.25, 0.3) is 5.91 Å². The van der Waals surface area contributed by atoms with Crippen molar-refractivity contribution in [1.82, 2.24) is 9.55 Å². The molecule has 5 heteroatoms. The topological polar surface area (TPSA) is 50.2 Å². The Labute approximate surface area is 168 Å². The molecular weight excluding hydrogens is 360 g/mol. The molecule has 1 amide bonds. The first-order valence-electron chi connectivity index (χ1n) is 9.78. The van der Waals surface area contributed by atoms with Crippen LogP contribution in [-0.2, 0) is 10.5 Å². The summed E-state index contributed by atoms with van der Waals surface area (Å²) in [5.41, 5.74) is 6.98. The molecule has 5 nitrogen and oxygen atoms in total. The molecule has 0 bridgehead atoms. The summed E-state index contributed by atoms with van der Waals surface area (Å²) in [6.45, 7) is 4.20. The number of aryl methyl sites for hydroxylation is 2. The summed E-state index contributed by atoms with van der Waals surface area (Å²) in [5.74, 6) is 0.810. The second-order valence-electron chi connectivity index (χ2n) is 7.96. The number of nitrogens with zero attached hydrogens (tertiary/aromatic N) is 3. The van der Waals surface area contributed by atoms with E-state index in [2.05, 4.69) is 41.9 Å². The van der Waals surface area contributed by atoms with Gasteiger partial charge in [-0.2, -0.15) is 0 Å².